The van der Waals surface area contributed by atoms with Crippen LogP contribution in [0.15, 0.2) is 53.4 Å². The van der Waals surface area contributed by atoms with Gasteiger partial charge in [0.05, 0.1) is 11.5 Å². The van der Waals surface area contributed by atoms with Gasteiger partial charge in [0.25, 0.3) is 5.69 Å². The lowest BCUT2D eigenvalue weighted by molar-refractivity contribution is -0.387. The summed E-state index contributed by atoms with van der Waals surface area (Å²) in [5.74, 6) is 0.675. The lowest BCUT2D eigenvalue weighted by Crippen LogP contribution is -2.48. The van der Waals surface area contributed by atoms with E-state index in [4.69, 9.17) is 9.84 Å². The zero-order chi connectivity index (χ0) is 20.9. The van der Waals surface area contributed by atoms with Crippen LogP contribution in [0.25, 0.3) is 0 Å². The fourth-order valence-corrected chi connectivity index (χ4v) is 4.83. The lowest BCUT2D eigenvalue weighted by atomic mass is 10.2. The van der Waals surface area contributed by atoms with Gasteiger partial charge in [-0.15, -0.1) is 0 Å². The molecule has 1 N–H and O–H groups in total. The third kappa shape index (κ3) is 5.10. The number of nitro groups is 1. The Labute approximate surface area is 169 Å². The summed E-state index contributed by atoms with van der Waals surface area (Å²) < 4.78 is 32.5. The van der Waals surface area contributed by atoms with Crippen molar-refractivity contribution in [1.29, 1.82) is 0 Å². The van der Waals surface area contributed by atoms with Crippen molar-refractivity contribution in [3.63, 3.8) is 0 Å². The number of nitrogens with zero attached hydrogens (tertiary/aromatic N) is 3. The molecule has 1 saturated heterocycles. The van der Waals surface area contributed by atoms with Gasteiger partial charge in [-0.05, 0) is 23.8 Å². The Morgan fingerprint density at radius 2 is 1.79 bits per heavy atom. The summed E-state index contributed by atoms with van der Waals surface area (Å²) in [6.07, 6.45) is 0. The number of hydrogen-bond acceptors (Lipinski definition) is 7. The molecule has 1 aliphatic heterocycles. The van der Waals surface area contributed by atoms with E-state index in [2.05, 4.69) is 4.90 Å². The van der Waals surface area contributed by atoms with E-state index in [-0.39, 0.29) is 31.2 Å². The molecule has 9 nitrogen and oxygen atoms in total. The number of nitro benzene ring substituents is 1. The van der Waals surface area contributed by atoms with Crippen molar-refractivity contribution in [1.82, 2.24) is 9.21 Å². The van der Waals surface area contributed by atoms with Gasteiger partial charge in [0, 0.05) is 38.8 Å². The van der Waals surface area contributed by atoms with Crippen LogP contribution in [0.1, 0.15) is 5.56 Å². The maximum atomic E-state index is 12.9. The molecule has 2 aromatic rings. The van der Waals surface area contributed by atoms with Crippen LogP contribution in [0.2, 0.25) is 0 Å². The molecule has 0 atom stereocenters. The number of rotatable bonds is 8. The smallest absolute Gasteiger partial charge is 0.289 e. The summed E-state index contributed by atoms with van der Waals surface area (Å²) >= 11 is 0. The molecule has 10 heteroatoms. The largest absolute Gasteiger partial charge is 0.491 e. The van der Waals surface area contributed by atoms with Gasteiger partial charge in [0.1, 0.15) is 12.4 Å². The van der Waals surface area contributed by atoms with Crippen molar-refractivity contribution in [2.75, 3.05) is 39.4 Å². The first-order chi connectivity index (χ1) is 13.9. The number of sulfonamides is 1. The summed E-state index contributed by atoms with van der Waals surface area (Å²) in [5, 5.41) is 20.0. The van der Waals surface area contributed by atoms with Crippen molar-refractivity contribution >= 4 is 15.7 Å². The van der Waals surface area contributed by atoms with E-state index in [1.807, 2.05) is 24.3 Å². The molecule has 1 aliphatic rings. The fourth-order valence-electron chi connectivity index (χ4n) is 3.25. The van der Waals surface area contributed by atoms with E-state index in [9.17, 15) is 18.5 Å². The number of ether oxygens (including phenoxy) is 1. The number of piperazine rings is 1. The third-order valence-electron chi connectivity index (χ3n) is 4.68. The van der Waals surface area contributed by atoms with Crippen LogP contribution in [0.3, 0.4) is 0 Å². The van der Waals surface area contributed by atoms with Crippen LogP contribution in [0.5, 0.6) is 5.75 Å². The van der Waals surface area contributed by atoms with Gasteiger partial charge in [-0.25, -0.2) is 8.42 Å². The van der Waals surface area contributed by atoms with Crippen LogP contribution < -0.4 is 4.74 Å². The third-order valence-corrected chi connectivity index (χ3v) is 6.62. The lowest BCUT2D eigenvalue weighted by Gasteiger charge is -2.33. The van der Waals surface area contributed by atoms with Crippen molar-refractivity contribution in [3.05, 3.63) is 64.2 Å². The molecule has 0 aliphatic carbocycles. The predicted octanol–water partition coefficient (Wildman–Crippen LogP) is 1.47. The molecule has 1 fully saturated rings. The molecule has 1 heterocycles. The number of benzene rings is 2. The summed E-state index contributed by atoms with van der Waals surface area (Å²) in [5.41, 5.74) is 0.616. The molecule has 0 bridgehead atoms. The average molecular weight is 421 g/mol. The number of para-hydroxylation sites is 1. The van der Waals surface area contributed by atoms with Gasteiger partial charge in [-0.1, -0.05) is 24.3 Å². The molecule has 29 heavy (non-hydrogen) atoms. The SMILES string of the molecule is O=[N+]([O-])c1ccccc1S(=O)(=O)N1CCN(Cc2cccc(OCCO)c2)CC1. The molecular weight excluding hydrogens is 398 g/mol. The zero-order valence-corrected chi connectivity index (χ0v) is 16.6. The highest BCUT2D eigenvalue weighted by atomic mass is 32.2. The second-order valence-electron chi connectivity index (χ2n) is 6.62. The van der Waals surface area contributed by atoms with E-state index in [1.54, 1.807) is 0 Å². The van der Waals surface area contributed by atoms with E-state index in [1.165, 1.54) is 28.6 Å². The summed E-state index contributed by atoms with van der Waals surface area (Å²) in [6.45, 7) is 2.36. The maximum Gasteiger partial charge on any atom is 0.289 e. The van der Waals surface area contributed by atoms with Crippen LogP contribution in [-0.2, 0) is 16.6 Å². The van der Waals surface area contributed by atoms with E-state index in [0.717, 1.165) is 5.56 Å². The Hall–Kier alpha value is -2.53. The van der Waals surface area contributed by atoms with Crippen molar-refractivity contribution < 1.29 is 23.2 Å². The zero-order valence-electron chi connectivity index (χ0n) is 15.8. The normalized spacial score (nSPS) is 15.9. The van der Waals surface area contributed by atoms with Gasteiger partial charge in [0.15, 0.2) is 4.90 Å². The highest BCUT2D eigenvalue weighted by molar-refractivity contribution is 7.89. The highest BCUT2D eigenvalue weighted by Crippen LogP contribution is 2.27. The minimum absolute atomic E-state index is 0.0553. The van der Waals surface area contributed by atoms with Gasteiger partial charge < -0.3 is 9.84 Å². The highest BCUT2D eigenvalue weighted by Gasteiger charge is 2.33. The number of aliphatic hydroxyl groups is 1. The Kier molecular flexibility index (Phi) is 6.80. The first kappa shape index (κ1) is 21.2. The number of aliphatic hydroxyl groups excluding tert-OH is 1. The molecular formula is C19H23N3O6S. The van der Waals surface area contributed by atoms with Crippen LogP contribution >= 0.6 is 0 Å². The minimum Gasteiger partial charge on any atom is -0.491 e. The molecule has 0 saturated carbocycles. The molecule has 0 aromatic heterocycles. The van der Waals surface area contributed by atoms with E-state index < -0.39 is 20.6 Å². The molecule has 0 spiro atoms. The quantitative estimate of drug-likeness (QED) is 0.507. The van der Waals surface area contributed by atoms with Crippen LogP contribution in [0.4, 0.5) is 5.69 Å². The van der Waals surface area contributed by atoms with Crippen LogP contribution in [0, 0.1) is 10.1 Å². The summed E-state index contributed by atoms with van der Waals surface area (Å²) in [7, 11) is -3.93. The van der Waals surface area contributed by atoms with Crippen molar-refractivity contribution in [2.45, 2.75) is 11.4 Å². The average Bonchev–Trinajstić information content (AvgIpc) is 2.73. The van der Waals surface area contributed by atoms with Gasteiger partial charge >= 0.3 is 0 Å². The molecule has 0 radical (unpaired) electrons. The summed E-state index contributed by atoms with van der Waals surface area (Å²) in [6, 6.07) is 13.0. The second kappa shape index (κ2) is 9.31. The molecule has 2 aromatic carbocycles. The topological polar surface area (TPSA) is 113 Å². The molecule has 156 valence electrons. The van der Waals surface area contributed by atoms with E-state index >= 15 is 0 Å². The Morgan fingerprint density at radius 1 is 1.07 bits per heavy atom. The Balaban J connectivity index is 1.64. The Morgan fingerprint density at radius 3 is 2.48 bits per heavy atom. The first-order valence-electron chi connectivity index (χ1n) is 9.20. The van der Waals surface area contributed by atoms with E-state index in [0.29, 0.717) is 25.4 Å². The van der Waals surface area contributed by atoms with Crippen molar-refractivity contribution in [2.24, 2.45) is 0 Å². The molecule has 3 rings (SSSR count). The fraction of sp³-hybridized carbons (Fsp3) is 0.368. The van der Waals surface area contributed by atoms with Gasteiger partial charge in [-0.3, -0.25) is 15.0 Å². The molecule has 0 amide bonds. The van der Waals surface area contributed by atoms with Gasteiger partial charge in [-0.2, -0.15) is 4.31 Å². The number of hydrogen-bond donors (Lipinski definition) is 1. The Bertz CT molecular complexity index is 958. The standard InChI is InChI=1S/C19H23N3O6S/c23-12-13-28-17-5-3-4-16(14-17)15-20-8-10-21(11-9-20)29(26,27)19-7-2-1-6-18(19)22(24)25/h1-7,14,23H,8-13,15H2. The predicted molar refractivity (Wildman–Crippen MR) is 106 cm³/mol. The molecule has 0 unspecified atom stereocenters. The second-order valence-corrected chi connectivity index (χ2v) is 8.53. The van der Waals surface area contributed by atoms with Crippen molar-refractivity contribution in [3.8, 4) is 5.75 Å². The maximum absolute atomic E-state index is 12.9. The van der Waals surface area contributed by atoms with Gasteiger partial charge in [0.2, 0.25) is 10.0 Å². The first-order valence-corrected chi connectivity index (χ1v) is 10.6. The minimum atomic E-state index is -3.93. The van der Waals surface area contributed by atoms with Crippen LogP contribution in [-0.4, -0.2) is 67.0 Å². The summed E-state index contributed by atoms with van der Waals surface area (Å²) in [4.78, 5) is 12.4. The monoisotopic (exact) mass is 421 g/mol.